The van der Waals surface area contributed by atoms with Gasteiger partial charge in [-0.1, -0.05) is 291 Å². The Morgan fingerprint density at radius 2 is 0.406 bits per heavy atom. The van der Waals surface area contributed by atoms with Crippen molar-refractivity contribution in [1.29, 1.82) is 0 Å². The maximum absolute atomic E-state index is 5.35. The molecule has 15 aromatic carbocycles. The standard InChI is InChI=1S/C60H36N6.C56H34N6/c1-3-12-37(13-4-1)54-36-55(66-60(65-54)40-14-5-2-6-15-40)51-30-26-43-34-41(24-28-49(43)62-51)42-25-29-50-44(35-42)27-32-52(63-50)56-45-17-7-9-19-47(45)57(48-20-10-8-18-46(48)56)53-31-23-39-22-21-38-16-11-33-61-58(38)59(39)64-53;1-3-8-35(9-4-1)52-34-53(62-56(61-52)38-10-5-2-6-11-38)51-28-23-46-33-42(21-26-49(46)59-51)41-20-25-47-45(32-41)22-27-48(58-47)43-17-15-40-31-44(18-16-39(40)30-43)50-24-19-37-14-13-36-12-7-29-57-54(36)55(37)60-50/h1-36H;1-34H. The lowest BCUT2D eigenvalue weighted by Crippen LogP contribution is -1.97. The Labute approximate surface area is 734 Å². The summed E-state index contributed by atoms with van der Waals surface area (Å²) in [6.45, 7) is 0. The first kappa shape index (κ1) is 74.4. The predicted octanol–water partition coefficient (Wildman–Crippen LogP) is 28.8. The van der Waals surface area contributed by atoms with Crippen LogP contribution in [-0.4, -0.2) is 59.8 Å². The van der Waals surface area contributed by atoms with E-state index in [1.807, 2.05) is 134 Å². The molecular weight excluding hydrogens is 1560 g/mol. The Balaban J connectivity index is 0.000000143. The summed E-state index contributed by atoms with van der Waals surface area (Å²) in [6, 6.07) is 143. The number of aromatic nitrogens is 12. The summed E-state index contributed by atoms with van der Waals surface area (Å²) in [5, 5.41) is 15.4. The summed E-state index contributed by atoms with van der Waals surface area (Å²) in [5.74, 6) is 1.34. The lowest BCUT2D eigenvalue weighted by molar-refractivity contribution is 1.17. The molecule has 0 atom stereocenters. The van der Waals surface area contributed by atoms with E-state index in [0.29, 0.717) is 11.6 Å². The summed E-state index contributed by atoms with van der Waals surface area (Å²) >= 11 is 0. The third-order valence-electron chi connectivity index (χ3n) is 24.3. The van der Waals surface area contributed by atoms with Gasteiger partial charge in [0.05, 0.1) is 101 Å². The molecule has 0 aliphatic heterocycles. The molecule has 0 fully saturated rings. The maximum atomic E-state index is 5.35. The smallest absolute Gasteiger partial charge is 0.160 e. The molecule has 12 heteroatoms. The van der Waals surface area contributed by atoms with E-state index in [9.17, 15) is 0 Å². The van der Waals surface area contributed by atoms with E-state index < -0.39 is 0 Å². The van der Waals surface area contributed by atoms with Gasteiger partial charge in [-0.15, -0.1) is 0 Å². The van der Waals surface area contributed by atoms with Crippen LogP contribution in [0.15, 0.2) is 425 Å². The highest BCUT2D eigenvalue weighted by molar-refractivity contribution is 6.21. The molecule has 0 spiro atoms. The van der Waals surface area contributed by atoms with Crippen LogP contribution in [0.5, 0.6) is 0 Å². The Morgan fingerprint density at radius 3 is 0.805 bits per heavy atom. The first-order valence-electron chi connectivity index (χ1n) is 42.8. The Bertz CT molecular complexity index is 8600. The van der Waals surface area contributed by atoms with Gasteiger partial charge in [0.1, 0.15) is 0 Å². The molecule has 0 aliphatic carbocycles. The van der Waals surface area contributed by atoms with E-state index >= 15 is 0 Å². The number of rotatable bonds is 12. The second kappa shape index (κ2) is 31.4. The van der Waals surface area contributed by atoms with Crippen LogP contribution in [0.4, 0.5) is 0 Å². The number of pyridine rings is 8. The zero-order valence-electron chi connectivity index (χ0n) is 68.8. The van der Waals surface area contributed by atoms with Crippen molar-refractivity contribution in [2.45, 2.75) is 0 Å². The van der Waals surface area contributed by atoms with Gasteiger partial charge in [-0.3, -0.25) is 9.97 Å². The molecule has 0 aliphatic rings. The summed E-state index contributed by atoms with van der Waals surface area (Å²) in [4.78, 5) is 60.3. The first-order valence-corrected chi connectivity index (χ1v) is 42.8. The summed E-state index contributed by atoms with van der Waals surface area (Å²) in [5.41, 5.74) is 28.8. The minimum Gasteiger partial charge on any atom is -0.254 e. The quantitative estimate of drug-likeness (QED) is 0.0844. The third-order valence-corrected chi connectivity index (χ3v) is 24.3. The van der Waals surface area contributed by atoms with Crippen LogP contribution in [0, 0.1) is 0 Å². The molecule has 10 heterocycles. The third kappa shape index (κ3) is 13.9. The van der Waals surface area contributed by atoms with Gasteiger partial charge in [0, 0.05) is 100.0 Å². The van der Waals surface area contributed by atoms with Gasteiger partial charge in [0.25, 0.3) is 0 Å². The minimum atomic E-state index is 0.670. The second-order valence-electron chi connectivity index (χ2n) is 32.2. The Morgan fingerprint density at radius 1 is 0.133 bits per heavy atom. The molecule has 0 N–H and O–H groups in total. The van der Waals surface area contributed by atoms with Gasteiger partial charge in [0.2, 0.25) is 0 Å². The first-order chi connectivity index (χ1) is 63.3. The zero-order valence-corrected chi connectivity index (χ0v) is 68.8. The van der Waals surface area contributed by atoms with Crippen molar-refractivity contribution < 1.29 is 0 Å². The van der Waals surface area contributed by atoms with Crippen molar-refractivity contribution in [2.75, 3.05) is 0 Å². The van der Waals surface area contributed by atoms with Crippen LogP contribution in [0.2, 0.25) is 0 Å². The number of nitrogens with zero attached hydrogens (tertiary/aromatic N) is 12. The molecule has 0 radical (unpaired) electrons. The van der Waals surface area contributed by atoms with Crippen molar-refractivity contribution in [1.82, 2.24) is 59.8 Å². The van der Waals surface area contributed by atoms with Gasteiger partial charge < -0.3 is 0 Å². The molecule has 0 bridgehead atoms. The van der Waals surface area contributed by atoms with Crippen molar-refractivity contribution in [3.8, 4) is 135 Å². The zero-order chi connectivity index (χ0) is 84.5. The SMILES string of the molecule is c1ccc(-c2cc(-c3ccc4cc(-c5ccc6nc(-c7c8ccccc8c(-c8ccc9ccc%10cccnc%10c9n8)c8ccccc78)ccc6c5)ccc4n3)nc(-c3ccccc3)n2)cc1.c1ccc(-c2cc(-c3ccc4cc(-c5ccc6nc(-c7ccc8cc(-c9ccc%10ccc%11cccnc%11c%10n9)ccc8c7)ccc6c5)ccc4n3)nc(-c3ccccc3)n2)cc1. The lowest BCUT2D eigenvalue weighted by atomic mass is 9.88. The van der Waals surface area contributed by atoms with E-state index in [1.54, 1.807) is 0 Å². The molecule has 128 heavy (non-hydrogen) atoms. The number of hydrogen-bond donors (Lipinski definition) is 0. The van der Waals surface area contributed by atoms with Crippen molar-refractivity contribution >= 4 is 120 Å². The molecule has 0 amide bonds. The second-order valence-corrected chi connectivity index (χ2v) is 32.2. The van der Waals surface area contributed by atoms with Gasteiger partial charge in [-0.25, -0.2) is 49.8 Å². The largest absolute Gasteiger partial charge is 0.254 e. The molecule has 25 aromatic rings. The monoisotopic (exact) mass is 1630 g/mol. The number of hydrogen-bond acceptors (Lipinski definition) is 12. The summed E-state index contributed by atoms with van der Waals surface area (Å²) in [7, 11) is 0. The lowest BCUT2D eigenvalue weighted by Gasteiger charge is -2.17. The predicted molar refractivity (Wildman–Crippen MR) is 524 cm³/mol. The van der Waals surface area contributed by atoms with Crippen molar-refractivity contribution in [3.05, 3.63) is 425 Å². The molecule has 10 aromatic heterocycles. The van der Waals surface area contributed by atoms with E-state index in [-0.39, 0.29) is 0 Å². The van der Waals surface area contributed by atoms with Crippen molar-refractivity contribution in [2.24, 2.45) is 0 Å². The number of fused-ring (bicyclic) bond motifs is 13. The van der Waals surface area contributed by atoms with Crippen LogP contribution in [0.3, 0.4) is 0 Å². The molecule has 0 saturated carbocycles. The molecular formula is C116H70N12. The highest BCUT2D eigenvalue weighted by Gasteiger charge is 2.22. The molecule has 0 saturated heterocycles. The topological polar surface area (TPSA) is 155 Å². The summed E-state index contributed by atoms with van der Waals surface area (Å²) in [6.07, 6.45) is 3.67. The van der Waals surface area contributed by atoms with Crippen LogP contribution in [-0.2, 0) is 0 Å². The van der Waals surface area contributed by atoms with Gasteiger partial charge in [0.15, 0.2) is 11.6 Å². The highest BCUT2D eigenvalue weighted by Crippen LogP contribution is 2.45. The fourth-order valence-corrected chi connectivity index (χ4v) is 17.9. The van der Waals surface area contributed by atoms with Crippen molar-refractivity contribution in [3.63, 3.8) is 0 Å². The summed E-state index contributed by atoms with van der Waals surface area (Å²) < 4.78 is 0. The Kier molecular flexibility index (Phi) is 18.3. The molecule has 25 rings (SSSR count). The van der Waals surface area contributed by atoms with Crippen LogP contribution >= 0.6 is 0 Å². The van der Waals surface area contributed by atoms with Crippen LogP contribution in [0.1, 0.15) is 0 Å². The average Bonchev–Trinajstić information content (AvgIpc) is 0.714. The molecule has 12 nitrogen and oxygen atoms in total. The fraction of sp³-hybridized carbons (Fsp3) is 0. The van der Waals surface area contributed by atoms with Crippen LogP contribution in [0.25, 0.3) is 255 Å². The van der Waals surface area contributed by atoms with Gasteiger partial charge in [-0.05, 0) is 176 Å². The van der Waals surface area contributed by atoms with Gasteiger partial charge in [-0.2, -0.15) is 0 Å². The number of benzene rings is 15. The van der Waals surface area contributed by atoms with E-state index in [2.05, 4.69) is 296 Å². The van der Waals surface area contributed by atoms with Crippen LogP contribution < -0.4 is 0 Å². The normalized spacial score (nSPS) is 11.6. The van der Waals surface area contributed by atoms with E-state index in [4.69, 9.17) is 54.8 Å². The average molecular weight is 1630 g/mol. The van der Waals surface area contributed by atoms with E-state index in [0.717, 1.165) is 243 Å². The minimum absolute atomic E-state index is 0.670. The Hall–Kier alpha value is -17.5. The van der Waals surface area contributed by atoms with E-state index in [1.165, 1.54) is 0 Å². The van der Waals surface area contributed by atoms with Gasteiger partial charge >= 0.3 is 0 Å². The highest BCUT2D eigenvalue weighted by atomic mass is 14.9. The molecule has 594 valence electrons. The molecule has 0 unspecified atom stereocenters. The maximum Gasteiger partial charge on any atom is 0.160 e. The fourth-order valence-electron chi connectivity index (χ4n) is 17.9.